The van der Waals surface area contributed by atoms with Crippen LogP contribution in [0.4, 0.5) is 5.13 Å². The molecule has 0 atom stereocenters. The molecular formula is C15H19N3O2S. The first-order chi connectivity index (χ1) is 9.99. The molecule has 0 aliphatic carbocycles. The molecule has 1 N–H and O–H groups in total. The van der Waals surface area contributed by atoms with Crippen molar-refractivity contribution in [3.8, 4) is 0 Å². The van der Waals surface area contributed by atoms with E-state index in [9.17, 15) is 9.90 Å². The Kier molecular flexibility index (Phi) is 4.90. The van der Waals surface area contributed by atoms with Crippen molar-refractivity contribution < 1.29 is 9.90 Å². The normalized spacial score (nSPS) is 10.9. The highest BCUT2D eigenvalue weighted by atomic mass is 32.1. The number of carboxylic acids is 1. The van der Waals surface area contributed by atoms with Gasteiger partial charge in [0.05, 0.1) is 5.56 Å². The fourth-order valence-corrected chi connectivity index (χ4v) is 2.74. The standard InChI is InChI=1S/C15H19N3O2S/c1-10(2)13-16-15(21-17-13)18(3)9-8-11-6-4-5-7-12(11)14(19)20/h4-7,10H,8-9H2,1-3H3,(H,19,20). The number of aromatic carboxylic acids is 1. The summed E-state index contributed by atoms with van der Waals surface area (Å²) < 4.78 is 4.33. The largest absolute Gasteiger partial charge is 0.478 e. The van der Waals surface area contributed by atoms with E-state index in [-0.39, 0.29) is 0 Å². The van der Waals surface area contributed by atoms with Crippen LogP contribution in [-0.4, -0.2) is 34.0 Å². The number of anilines is 1. The van der Waals surface area contributed by atoms with Crippen LogP contribution in [0.15, 0.2) is 24.3 Å². The minimum atomic E-state index is -0.883. The van der Waals surface area contributed by atoms with E-state index in [1.54, 1.807) is 12.1 Å². The average Bonchev–Trinajstić information content (AvgIpc) is 2.95. The highest BCUT2D eigenvalue weighted by molar-refractivity contribution is 7.09. The van der Waals surface area contributed by atoms with Crippen molar-refractivity contribution in [2.45, 2.75) is 26.2 Å². The van der Waals surface area contributed by atoms with Gasteiger partial charge in [-0.3, -0.25) is 0 Å². The van der Waals surface area contributed by atoms with Crippen LogP contribution < -0.4 is 4.90 Å². The molecule has 0 unspecified atom stereocenters. The third kappa shape index (κ3) is 3.78. The Bertz CT molecular complexity index is 625. The highest BCUT2D eigenvalue weighted by Gasteiger charge is 2.13. The summed E-state index contributed by atoms with van der Waals surface area (Å²) in [7, 11) is 1.95. The lowest BCUT2D eigenvalue weighted by Gasteiger charge is -2.15. The van der Waals surface area contributed by atoms with Gasteiger partial charge in [0.2, 0.25) is 5.13 Å². The van der Waals surface area contributed by atoms with Gasteiger partial charge in [-0.2, -0.15) is 4.37 Å². The van der Waals surface area contributed by atoms with Crippen LogP contribution in [0.1, 0.15) is 41.5 Å². The molecule has 0 radical (unpaired) electrons. The zero-order valence-corrected chi connectivity index (χ0v) is 13.2. The Hall–Kier alpha value is -1.95. The molecule has 0 bridgehead atoms. The van der Waals surface area contributed by atoms with Crippen molar-refractivity contribution >= 4 is 22.6 Å². The zero-order chi connectivity index (χ0) is 15.4. The summed E-state index contributed by atoms with van der Waals surface area (Å²) in [6.45, 7) is 4.83. The Morgan fingerprint density at radius 3 is 2.71 bits per heavy atom. The molecule has 0 saturated heterocycles. The molecular weight excluding hydrogens is 286 g/mol. The maximum absolute atomic E-state index is 11.2. The van der Waals surface area contributed by atoms with Gasteiger partial charge in [-0.1, -0.05) is 32.0 Å². The summed E-state index contributed by atoms with van der Waals surface area (Å²) in [5.74, 6) is 0.287. The number of aromatic nitrogens is 2. The van der Waals surface area contributed by atoms with Gasteiger partial charge in [-0.25, -0.2) is 9.78 Å². The smallest absolute Gasteiger partial charge is 0.335 e. The lowest BCUT2D eigenvalue weighted by atomic mass is 10.0. The van der Waals surface area contributed by atoms with E-state index in [4.69, 9.17) is 0 Å². The third-order valence-corrected chi connectivity index (χ3v) is 4.08. The van der Waals surface area contributed by atoms with E-state index in [0.29, 0.717) is 24.4 Å². The van der Waals surface area contributed by atoms with E-state index in [1.807, 2.05) is 24.1 Å². The number of hydrogen-bond donors (Lipinski definition) is 1. The van der Waals surface area contributed by atoms with Gasteiger partial charge in [0.15, 0.2) is 0 Å². The first-order valence-electron chi connectivity index (χ1n) is 6.85. The number of nitrogens with zero attached hydrogens (tertiary/aromatic N) is 3. The fourth-order valence-electron chi connectivity index (χ4n) is 1.95. The highest BCUT2D eigenvalue weighted by Crippen LogP contribution is 2.21. The fraction of sp³-hybridized carbons (Fsp3) is 0.400. The zero-order valence-electron chi connectivity index (χ0n) is 12.4. The van der Waals surface area contributed by atoms with Crippen LogP contribution in [0.2, 0.25) is 0 Å². The monoisotopic (exact) mass is 305 g/mol. The van der Waals surface area contributed by atoms with Crippen molar-refractivity contribution in [2.24, 2.45) is 0 Å². The van der Waals surface area contributed by atoms with Crippen molar-refractivity contribution in [1.29, 1.82) is 0 Å². The molecule has 5 nitrogen and oxygen atoms in total. The maximum Gasteiger partial charge on any atom is 0.335 e. The molecule has 112 valence electrons. The van der Waals surface area contributed by atoms with Crippen LogP contribution in [0, 0.1) is 0 Å². The maximum atomic E-state index is 11.2. The number of rotatable bonds is 6. The van der Waals surface area contributed by atoms with Crippen LogP contribution >= 0.6 is 11.5 Å². The SMILES string of the molecule is CC(C)c1nsc(N(C)CCc2ccccc2C(=O)O)n1. The molecule has 0 aliphatic rings. The predicted octanol–water partition coefficient (Wildman–Crippen LogP) is 3.04. The van der Waals surface area contributed by atoms with Crippen LogP contribution in [0.5, 0.6) is 0 Å². The lowest BCUT2D eigenvalue weighted by Crippen LogP contribution is -2.21. The quantitative estimate of drug-likeness (QED) is 0.888. The summed E-state index contributed by atoms with van der Waals surface area (Å²) >= 11 is 1.38. The Labute approximate surface area is 128 Å². The van der Waals surface area contributed by atoms with Crippen LogP contribution in [-0.2, 0) is 6.42 Å². The molecule has 0 spiro atoms. The number of hydrogen-bond acceptors (Lipinski definition) is 5. The molecule has 21 heavy (non-hydrogen) atoms. The topological polar surface area (TPSA) is 66.3 Å². The second-order valence-corrected chi connectivity index (χ2v) is 5.95. The lowest BCUT2D eigenvalue weighted by molar-refractivity contribution is 0.0695. The van der Waals surface area contributed by atoms with Crippen molar-refractivity contribution in [1.82, 2.24) is 9.36 Å². The second-order valence-electron chi connectivity index (χ2n) is 5.22. The van der Waals surface area contributed by atoms with Crippen LogP contribution in [0.25, 0.3) is 0 Å². The van der Waals surface area contributed by atoms with E-state index in [2.05, 4.69) is 23.2 Å². The van der Waals surface area contributed by atoms with Crippen molar-refractivity contribution in [3.05, 3.63) is 41.2 Å². The van der Waals surface area contributed by atoms with Crippen LogP contribution in [0.3, 0.4) is 0 Å². The number of carboxylic acid groups (broad SMARTS) is 1. The number of carbonyl (C=O) groups is 1. The minimum absolute atomic E-state index is 0.316. The summed E-state index contributed by atoms with van der Waals surface area (Å²) in [6.07, 6.45) is 0.662. The van der Waals surface area contributed by atoms with Crippen molar-refractivity contribution in [3.63, 3.8) is 0 Å². The van der Waals surface area contributed by atoms with Gasteiger partial charge in [0, 0.05) is 31.0 Å². The summed E-state index contributed by atoms with van der Waals surface area (Å²) in [5.41, 5.74) is 1.21. The molecule has 0 fully saturated rings. The Balaban J connectivity index is 2.04. The van der Waals surface area contributed by atoms with Gasteiger partial charge in [0.1, 0.15) is 5.82 Å². The van der Waals surface area contributed by atoms with E-state index in [1.165, 1.54) is 11.5 Å². The molecule has 1 aromatic heterocycles. The molecule has 1 heterocycles. The van der Waals surface area contributed by atoms with Gasteiger partial charge in [-0.05, 0) is 18.1 Å². The second kappa shape index (κ2) is 6.67. The van der Waals surface area contributed by atoms with Gasteiger partial charge < -0.3 is 10.0 Å². The van der Waals surface area contributed by atoms with Gasteiger partial charge in [0.25, 0.3) is 0 Å². The van der Waals surface area contributed by atoms with Gasteiger partial charge in [-0.15, -0.1) is 0 Å². The molecule has 6 heteroatoms. The minimum Gasteiger partial charge on any atom is -0.478 e. The molecule has 2 rings (SSSR count). The molecule has 2 aromatic rings. The van der Waals surface area contributed by atoms with E-state index in [0.717, 1.165) is 16.5 Å². The van der Waals surface area contributed by atoms with Gasteiger partial charge >= 0.3 is 5.97 Å². The predicted molar refractivity (Wildman–Crippen MR) is 84.4 cm³/mol. The summed E-state index contributed by atoms with van der Waals surface area (Å²) in [5, 5.41) is 10.0. The van der Waals surface area contributed by atoms with E-state index >= 15 is 0 Å². The molecule has 0 aliphatic heterocycles. The summed E-state index contributed by atoms with van der Waals surface area (Å²) in [4.78, 5) is 17.7. The van der Waals surface area contributed by atoms with Crippen molar-refractivity contribution in [2.75, 3.05) is 18.5 Å². The third-order valence-electron chi connectivity index (χ3n) is 3.24. The van der Waals surface area contributed by atoms with E-state index < -0.39 is 5.97 Å². The number of likely N-dealkylation sites (N-methyl/N-ethyl adjacent to an activating group) is 1. The summed E-state index contributed by atoms with van der Waals surface area (Å²) in [6, 6.07) is 7.11. The molecule has 1 aromatic carbocycles. The molecule has 0 amide bonds. The first kappa shape index (κ1) is 15.4. The molecule has 0 saturated carbocycles. The average molecular weight is 305 g/mol. The Morgan fingerprint density at radius 2 is 2.10 bits per heavy atom. The number of benzene rings is 1. The Morgan fingerprint density at radius 1 is 1.38 bits per heavy atom. The first-order valence-corrected chi connectivity index (χ1v) is 7.62.